The molecule has 1 aliphatic rings. The summed E-state index contributed by atoms with van der Waals surface area (Å²) in [6.07, 6.45) is 1.11. The van der Waals surface area contributed by atoms with Crippen LogP contribution in [0.15, 0.2) is 0 Å². The van der Waals surface area contributed by atoms with E-state index in [1.165, 1.54) is 0 Å². The molecule has 3 atom stereocenters. The van der Waals surface area contributed by atoms with E-state index in [1.807, 2.05) is 6.92 Å². The molecule has 1 unspecified atom stereocenters. The number of rotatable bonds is 5. The van der Waals surface area contributed by atoms with Crippen molar-refractivity contribution in [3.63, 3.8) is 0 Å². The van der Waals surface area contributed by atoms with Crippen LogP contribution in [-0.2, 0) is 4.79 Å². The van der Waals surface area contributed by atoms with Crippen LogP contribution in [0.25, 0.3) is 0 Å². The summed E-state index contributed by atoms with van der Waals surface area (Å²) in [5.74, 6) is 0.640. The van der Waals surface area contributed by atoms with E-state index in [9.17, 15) is 9.90 Å². The molecule has 88 valence electrons. The summed E-state index contributed by atoms with van der Waals surface area (Å²) < 4.78 is 0. The van der Waals surface area contributed by atoms with Gasteiger partial charge in [0.2, 0.25) is 5.91 Å². The van der Waals surface area contributed by atoms with Gasteiger partial charge in [-0.3, -0.25) is 4.79 Å². The van der Waals surface area contributed by atoms with Crippen molar-refractivity contribution in [3.8, 4) is 0 Å². The molecule has 0 aliphatic carbocycles. The predicted octanol–water partition coefficient (Wildman–Crippen LogP) is 0.119. The molecule has 0 bridgehead atoms. The van der Waals surface area contributed by atoms with Gasteiger partial charge in [0.25, 0.3) is 0 Å². The molecule has 1 aliphatic heterocycles. The highest BCUT2D eigenvalue weighted by molar-refractivity contribution is 5.79. The Labute approximate surface area is 91.4 Å². The highest BCUT2D eigenvalue weighted by atomic mass is 16.3. The van der Waals surface area contributed by atoms with E-state index < -0.39 is 0 Å². The molecule has 1 fully saturated rings. The fourth-order valence-corrected chi connectivity index (χ4v) is 1.86. The number of amides is 1. The molecule has 4 nitrogen and oxygen atoms in total. The average Bonchev–Trinajstić information content (AvgIpc) is 2.64. The summed E-state index contributed by atoms with van der Waals surface area (Å²) in [5.41, 5.74) is 0. The third kappa shape index (κ3) is 3.80. The van der Waals surface area contributed by atoms with E-state index in [-0.39, 0.29) is 17.9 Å². The van der Waals surface area contributed by atoms with E-state index in [1.54, 1.807) is 0 Å². The van der Waals surface area contributed by atoms with Crippen molar-refractivity contribution in [3.05, 3.63) is 0 Å². The molecule has 0 aromatic heterocycles. The molecule has 1 saturated heterocycles. The standard InChI is InChI=1S/C11H22N2O2/c1-3-9(14)4-5-13-11(15)10-7-12-6-8(10)2/h8-10,12,14H,3-7H2,1-2H3,(H,13,15)/t8-,9?,10-/m1/s1. The van der Waals surface area contributed by atoms with E-state index in [2.05, 4.69) is 17.6 Å². The zero-order chi connectivity index (χ0) is 11.3. The lowest BCUT2D eigenvalue weighted by Crippen LogP contribution is -2.35. The van der Waals surface area contributed by atoms with Gasteiger partial charge in [-0.2, -0.15) is 0 Å². The van der Waals surface area contributed by atoms with Gasteiger partial charge in [-0.15, -0.1) is 0 Å². The van der Waals surface area contributed by atoms with Gasteiger partial charge >= 0.3 is 0 Å². The maximum atomic E-state index is 11.7. The molecule has 1 amide bonds. The van der Waals surface area contributed by atoms with E-state index >= 15 is 0 Å². The van der Waals surface area contributed by atoms with Crippen molar-refractivity contribution in [2.75, 3.05) is 19.6 Å². The maximum Gasteiger partial charge on any atom is 0.224 e. The van der Waals surface area contributed by atoms with Crippen LogP contribution in [0.1, 0.15) is 26.7 Å². The minimum absolute atomic E-state index is 0.101. The van der Waals surface area contributed by atoms with E-state index in [0.29, 0.717) is 18.9 Å². The first-order chi connectivity index (χ1) is 7.15. The van der Waals surface area contributed by atoms with Gasteiger partial charge in [0, 0.05) is 13.1 Å². The second-order valence-corrected chi connectivity index (χ2v) is 4.38. The Kier molecular flexibility index (Phi) is 5.05. The second kappa shape index (κ2) is 6.08. The van der Waals surface area contributed by atoms with Gasteiger partial charge in [-0.25, -0.2) is 0 Å². The fourth-order valence-electron chi connectivity index (χ4n) is 1.86. The number of carbonyl (C=O) groups excluding carboxylic acids is 1. The van der Waals surface area contributed by atoms with Crippen LogP contribution in [-0.4, -0.2) is 36.8 Å². The molecule has 0 aromatic rings. The van der Waals surface area contributed by atoms with Gasteiger partial charge in [-0.1, -0.05) is 13.8 Å². The Morgan fingerprint density at radius 2 is 2.33 bits per heavy atom. The van der Waals surface area contributed by atoms with E-state index in [4.69, 9.17) is 0 Å². The first kappa shape index (κ1) is 12.5. The lowest BCUT2D eigenvalue weighted by molar-refractivity contribution is -0.125. The summed E-state index contributed by atoms with van der Waals surface area (Å²) >= 11 is 0. The topological polar surface area (TPSA) is 61.4 Å². The molecule has 4 heteroatoms. The van der Waals surface area contributed by atoms with Crippen LogP contribution in [0, 0.1) is 11.8 Å². The first-order valence-electron chi connectivity index (χ1n) is 5.81. The zero-order valence-electron chi connectivity index (χ0n) is 9.62. The van der Waals surface area contributed by atoms with Crippen LogP contribution in [0.4, 0.5) is 0 Å². The molecular formula is C11H22N2O2. The second-order valence-electron chi connectivity index (χ2n) is 4.38. The van der Waals surface area contributed by atoms with Gasteiger partial charge in [0.15, 0.2) is 0 Å². The molecule has 0 spiro atoms. The summed E-state index contributed by atoms with van der Waals surface area (Å²) in [6, 6.07) is 0. The number of hydrogen-bond acceptors (Lipinski definition) is 3. The normalized spacial score (nSPS) is 27.7. The minimum Gasteiger partial charge on any atom is -0.393 e. The van der Waals surface area contributed by atoms with Crippen LogP contribution in [0.2, 0.25) is 0 Å². The van der Waals surface area contributed by atoms with Gasteiger partial charge < -0.3 is 15.7 Å². The Morgan fingerprint density at radius 3 is 2.87 bits per heavy atom. The fraction of sp³-hybridized carbons (Fsp3) is 0.909. The Morgan fingerprint density at radius 1 is 1.60 bits per heavy atom. The number of aliphatic hydroxyl groups excluding tert-OH is 1. The predicted molar refractivity (Wildman–Crippen MR) is 59.4 cm³/mol. The monoisotopic (exact) mass is 214 g/mol. The van der Waals surface area contributed by atoms with Crippen molar-refractivity contribution >= 4 is 5.91 Å². The molecule has 0 radical (unpaired) electrons. The average molecular weight is 214 g/mol. The summed E-state index contributed by atoms with van der Waals surface area (Å²) in [5, 5.41) is 15.4. The molecule has 15 heavy (non-hydrogen) atoms. The maximum absolute atomic E-state index is 11.7. The third-order valence-electron chi connectivity index (χ3n) is 3.10. The lowest BCUT2D eigenvalue weighted by atomic mass is 9.97. The summed E-state index contributed by atoms with van der Waals surface area (Å²) in [7, 11) is 0. The Hall–Kier alpha value is -0.610. The van der Waals surface area contributed by atoms with Crippen LogP contribution in [0.3, 0.4) is 0 Å². The number of aliphatic hydroxyl groups is 1. The Balaban J connectivity index is 2.18. The van der Waals surface area contributed by atoms with Crippen molar-refractivity contribution in [1.82, 2.24) is 10.6 Å². The SMILES string of the molecule is CCC(O)CCNC(=O)[C@@H]1CNC[C@H]1C. The van der Waals surface area contributed by atoms with Crippen molar-refractivity contribution in [2.24, 2.45) is 11.8 Å². The van der Waals surface area contributed by atoms with Crippen LogP contribution < -0.4 is 10.6 Å². The summed E-state index contributed by atoms with van der Waals surface area (Å²) in [6.45, 7) is 6.32. The summed E-state index contributed by atoms with van der Waals surface area (Å²) in [4.78, 5) is 11.7. The molecule has 1 rings (SSSR count). The minimum atomic E-state index is -0.288. The van der Waals surface area contributed by atoms with Crippen molar-refractivity contribution in [2.45, 2.75) is 32.8 Å². The molecule has 3 N–H and O–H groups in total. The zero-order valence-corrected chi connectivity index (χ0v) is 9.62. The highest BCUT2D eigenvalue weighted by Crippen LogP contribution is 2.15. The molecule has 1 heterocycles. The van der Waals surface area contributed by atoms with Crippen molar-refractivity contribution < 1.29 is 9.90 Å². The van der Waals surface area contributed by atoms with Gasteiger partial charge in [0.1, 0.15) is 0 Å². The third-order valence-corrected chi connectivity index (χ3v) is 3.10. The number of carbonyl (C=O) groups is 1. The first-order valence-corrected chi connectivity index (χ1v) is 5.81. The molecule has 0 aromatic carbocycles. The molecule has 0 saturated carbocycles. The quantitative estimate of drug-likeness (QED) is 0.609. The largest absolute Gasteiger partial charge is 0.393 e. The number of nitrogens with one attached hydrogen (secondary N) is 2. The van der Waals surface area contributed by atoms with E-state index in [0.717, 1.165) is 19.5 Å². The smallest absolute Gasteiger partial charge is 0.224 e. The van der Waals surface area contributed by atoms with Crippen LogP contribution >= 0.6 is 0 Å². The highest BCUT2D eigenvalue weighted by Gasteiger charge is 2.29. The lowest BCUT2D eigenvalue weighted by Gasteiger charge is -2.15. The van der Waals surface area contributed by atoms with Gasteiger partial charge in [0.05, 0.1) is 12.0 Å². The Bertz CT molecular complexity index is 209. The number of hydrogen-bond donors (Lipinski definition) is 3. The van der Waals surface area contributed by atoms with Crippen molar-refractivity contribution in [1.29, 1.82) is 0 Å². The van der Waals surface area contributed by atoms with Crippen LogP contribution in [0.5, 0.6) is 0 Å². The molecular weight excluding hydrogens is 192 g/mol. The van der Waals surface area contributed by atoms with Gasteiger partial charge in [-0.05, 0) is 25.3 Å².